The van der Waals surface area contributed by atoms with Gasteiger partial charge in [-0.15, -0.1) is 0 Å². The van der Waals surface area contributed by atoms with Crippen LogP contribution in [0.3, 0.4) is 0 Å². The molecule has 1 N–H and O–H groups in total. The molecule has 0 aromatic heterocycles. The smallest absolute Gasteiger partial charge is 0.306 e. The van der Waals surface area contributed by atoms with Crippen LogP contribution in [-0.2, 0) is 16.1 Å². The van der Waals surface area contributed by atoms with Gasteiger partial charge in [0, 0.05) is 31.2 Å². The van der Waals surface area contributed by atoms with Crippen LogP contribution < -0.4 is 4.74 Å². The van der Waals surface area contributed by atoms with Gasteiger partial charge in [0.25, 0.3) is 0 Å². The first-order chi connectivity index (χ1) is 18.6. The monoisotopic (exact) mass is 560 g/mol. The van der Waals surface area contributed by atoms with Gasteiger partial charge < -0.3 is 14.7 Å². The molecule has 0 spiro atoms. The molecule has 2 aromatic carbocycles. The second-order valence-corrected chi connectivity index (χ2v) is 11.0. The number of aliphatic carboxylic acids is 1. The van der Waals surface area contributed by atoms with Crippen LogP contribution in [0.5, 0.6) is 5.75 Å². The predicted molar refractivity (Wildman–Crippen MR) is 145 cm³/mol. The zero-order valence-electron chi connectivity index (χ0n) is 22.2. The molecule has 1 saturated heterocycles. The van der Waals surface area contributed by atoms with Crippen molar-refractivity contribution >= 4 is 23.5 Å². The van der Waals surface area contributed by atoms with Crippen molar-refractivity contribution in [1.29, 1.82) is 0 Å². The summed E-state index contributed by atoms with van der Waals surface area (Å²) in [7, 11) is 0. The molecule has 0 radical (unpaired) electrons. The van der Waals surface area contributed by atoms with Crippen molar-refractivity contribution in [3.63, 3.8) is 0 Å². The van der Waals surface area contributed by atoms with Gasteiger partial charge in [-0.2, -0.15) is 0 Å². The van der Waals surface area contributed by atoms with Crippen LogP contribution in [0.15, 0.2) is 48.7 Å². The molecule has 1 unspecified atom stereocenters. The minimum Gasteiger partial charge on any atom is -0.489 e. The lowest BCUT2D eigenvalue weighted by Gasteiger charge is -2.35. The van der Waals surface area contributed by atoms with Gasteiger partial charge in [0.1, 0.15) is 12.4 Å². The number of nitrogens with zero attached hydrogens (tertiary/aromatic N) is 2. The van der Waals surface area contributed by atoms with Crippen LogP contribution in [0.1, 0.15) is 62.6 Å². The fourth-order valence-corrected chi connectivity index (χ4v) is 5.61. The maximum atomic E-state index is 15.0. The number of halogens is 3. The zero-order chi connectivity index (χ0) is 28.1. The third kappa shape index (κ3) is 7.37. The number of carboxylic acids is 1. The second-order valence-electron chi connectivity index (χ2n) is 10.6. The van der Waals surface area contributed by atoms with E-state index in [1.54, 1.807) is 17.0 Å². The van der Waals surface area contributed by atoms with Crippen molar-refractivity contribution in [3.05, 3.63) is 76.5 Å². The van der Waals surface area contributed by atoms with Crippen LogP contribution in [0.4, 0.5) is 8.78 Å². The highest BCUT2D eigenvalue weighted by molar-refractivity contribution is 6.30. The number of hydrogen-bond acceptors (Lipinski definition) is 4. The number of ether oxygens (including phenoxy) is 1. The van der Waals surface area contributed by atoms with E-state index in [9.17, 15) is 23.5 Å². The van der Waals surface area contributed by atoms with Crippen LogP contribution >= 0.6 is 11.6 Å². The van der Waals surface area contributed by atoms with E-state index in [1.165, 1.54) is 18.2 Å². The zero-order valence-corrected chi connectivity index (χ0v) is 22.9. The SMILES string of the molecule is C=C1CCC(=O)N1CCOc1ccc(CN(CC2CCC(C(=O)O)CC2)C(C)c2ccc(Cl)c(F)c2)cc1F. The average Bonchev–Trinajstić information content (AvgIpc) is 3.23. The molecule has 39 heavy (non-hydrogen) atoms. The van der Waals surface area contributed by atoms with Crippen LogP contribution in [-0.4, -0.2) is 46.5 Å². The Labute approximate surface area is 233 Å². The van der Waals surface area contributed by atoms with Gasteiger partial charge >= 0.3 is 5.97 Å². The number of carboxylic acid groups (broad SMARTS) is 1. The number of likely N-dealkylation sites (tertiary alicyclic amines) is 1. The van der Waals surface area contributed by atoms with E-state index >= 15 is 0 Å². The molecule has 1 saturated carbocycles. The molecule has 1 heterocycles. The van der Waals surface area contributed by atoms with Crippen LogP contribution in [0, 0.1) is 23.5 Å². The van der Waals surface area contributed by atoms with Crippen molar-refractivity contribution in [2.45, 2.75) is 58.0 Å². The summed E-state index contributed by atoms with van der Waals surface area (Å²) >= 11 is 5.90. The fourth-order valence-electron chi connectivity index (χ4n) is 5.49. The molecule has 210 valence electrons. The molecule has 1 aliphatic heterocycles. The fraction of sp³-hybridized carbons (Fsp3) is 0.467. The average molecular weight is 561 g/mol. The minimum atomic E-state index is -0.745. The summed E-state index contributed by atoms with van der Waals surface area (Å²) in [5, 5.41) is 9.40. The maximum Gasteiger partial charge on any atom is 0.306 e. The number of carbonyl (C=O) groups excluding carboxylic acids is 1. The van der Waals surface area contributed by atoms with E-state index in [0.29, 0.717) is 45.3 Å². The number of amides is 1. The predicted octanol–water partition coefficient (Wildman–Crippen LogP) is 6.59. The van der Waals surface area contributed by atoms with E-state index in [4.69, 9.17) is 16.3 Å². The molecule has 2 fully saturated rings. The van der Waals surface area contributed by atoms with Gasteiger partial charge in [-0.25, -0.2) is 8.78 Å². The number of benzene rings is 2. The molecule has 2 aliphatic rings. The number of hydrogen-bond donors (Lipinski definition) is 1. The Morgan fingerprint density at radius 2 is 1.90 bits per heavy atom. The highest BCUT2D eigenvalue weighted by Crippen LogP contribution is 2.33. The van der Waals surface area contributed by atoms with E-state index in [0.717, 1.165) is 29.7 Å². The number of carbonyl (C=O) groups is 2. The second kappa shape index (κ2) is 12.9. The summed E-state index contributed by atoms with van der Waals surface area (Å²) in [6, 6.07) is 9.42. The first-order valence-corrected chi connectivity index (χ1v) is 13.8. The Kier molecular flexibility index (Phi) is 9.62. The molecular weight excluding hydrogens is 526 g/mol. The molecule has 1 atom stereocenters. The standard InChI is InChI=1S/C30H35ClF2N2O4/c1-19-3-12-29(36)35(19)13-14-39-28-11-6-22(15-27(28)33)18-34(17-21-4-7-23(8-5-21)30(37)38)20(2)24-9-10-25(31)26(32)16-24/h6,9-11,15-16,20-21,23H,1,3-5,7-8,12-14,17-18H2,2H3,(H,37,38). The summed E-state index contributed by atoms with van der Waals surface area (Å²) in [4.78, 5) is 27.0. The summed E-state index contributed by atoms with van der Waals surface area (Å²) in [5.74, 6) is -1.63. The van der Waals surface area contributed by atoms with E-state index in [-0.39, 0.29) is 41.2 Å². The molecule has 9 heteroatoms. The van der Waals surface area contributed by atoms with Gasteiger partial charge in [0.2, 0.25) is 5.91 Å². The highest BCUT2D eigenvalue weighted by Gasteiger charge is 2.29. The molecule has 6 nitrogen and oxygen atoms in total. The molecule has 1 aliphatic carbocycles. The Bertz CT molecular complexity index is 1200. The summed E-state index contributed by atoms with van der Waals surface area (Å²) in [6.45, 7) is 7.44. The van der Waals surface area contributed by atoms with Gasteiger partial charge in [0.05, 0.1) is 17.5 Å². The Balaban J connectivity index is 1.44. The van der Waals surface area contributed by atoms with Crippen molar-refractivity contribution < 1.29 is 28.2 Å². The molecule has 1 amide bonds. The normalized spacial score (nSPS) is 20.5. The lowest BCUT2D eigenvalue weighted by atomic mass is 9.81. The summed E-state index contributed by atoms with van der Waals surface area (Å²) in [6.07, 6.45) is 3.94. The lowest BCUT2D eigenvalue weighted by molar-refractivity contribution is -0.143. The van der Waals surface area contributed by atoms with Gasteiger partial charge in [-0.3, -0.25) is 14.5 Å². The van der Waals surface area contributed by atoms with Crippen molar-refractivity contribution in [2.75, 3.05) is 19.7 Å². The van der Waals surface area contributed by atoms with Gasteiger partial charge in [0.15, 0.2) is 11.6 Å². The van der Waals surface area contributed by atoms with Crippen molar-refractivity contribution in [1.82, 2.24) is 9.80 Å². The molecule has 0 bridgehead atoms. The highest BCUT2D eigenvalue weighted by atomic mass is 35.5. The maximum absolute atomic E-state index is 15.0. The van der Waals surface area contributed by atoms with Crippen LogP contribution in [0.2, 0.25) is 5.02 Å². The van der Waals surface area contributed by atoms with Gasteiger partial charge in [-0.05, 0) is 80.3 Å². The van der Waals surface area contributed by atoms with E-state index < -0.39 is 17.6 Å². The Morgan fingerprint density at radius 3 is 2.51 bits per heavy atom. The Hall–Kier alpha value is -2.97. The van der Waals surface area contributed by atoms with Gasteiger partial charge in [-0.1, -0.05) is 30.3 Å². The topological polar surface area (TPSA) is 70.1 Å². The number of rotatable bonds is 11. The quantitative estimate of drug-likeness (QED) is 0.336. The van der Waals surface area contributed by atoms with Crippen LogP contribution in [0.25, 0.3) is 0 Å². The first-order valence-electron chi connectivity index (χ1n) is 13.4. The molecule has 2 aromatic rings. The number of allylic oxidation sites excluding steroid dienone is 1. The summed E-state index contributed by atoms with van der Waals surface area (Å²) < 4.78 is 34.9. The van der Waals surface area contributed by atoms with E-state index in [2.05, 4.69) is 11.5 Å². The third-order valence-electron chi connectivity index (χ3n) is 7.93. The van der Waals surface area contributed by atoms with Crippen molar-refractivity contribution in [2.24, 2.45) is 11.8 Å². The lowest BCUT2D eigenvalue weighted by Crippen LogP contribution is -2.34. The van der Waals surface area contributed by atoms with E-state index in [1.807, 2.05) is 13.0 Å². The minimum absolute atomic E-state index is 0.00523. The first kappa shape index (κ1) is 29.0. The molecule has 4 rings (SSSR count). The largest absolute Gasteiger partial charge is 0.489 e. The Morgan fingerprint density at radius 1 is 1.15 bits per heavy atom. The molecular formula is C30H35ClF2N2O4. The summed E-state index contributed by atoms with van der Waals surface area (Å²) in [5.41, 5.74) is 2.25. The van der Waals surface area contributed by atoms with Crippen molar-refractivity contribution in [3.8, 4) is 5.75 Å². The third-order valence-corrected chi connectivity index (χ3v) is 8.23.